The number of hydrogen-bond acceptors (Lipinski definition) is 8. The molecular formula is C26H30ClN5O4S. The molecule has 0 bridgehead atoms. The van der Waals surface area contributed by atoms with E-state index in [-0.39, 0.29) is 12.0 Å². The molecule has 0 unspecified atom stereocenters. The first-order valence-electron chi connectivity index (χ1n) is 12.0. The van der Waals surface area contributed by atoms with Crippen LogP contribution in [-0.2, 0) is 11.2 Å². The molecule has 1 aliphatic heterocycles. The van der Waals surface area contributed by atoms with E-state index < -0.39 is 5.60 Å². The second kappa shape index (κ2) is 10.9. The van der Waals surface area contributed by atoms with Crippen LogP contribution in [0.4, 0.5) is 16.2 Å². The second-order valence-corrected chi connectivity index (χ2v) is 11.2. The lowest BCUT2D eigenvalue weighted by atomic mass is 10.1. The molecule has 4 rings (SSSR count). The zero-order chi connectivity index (χ0) is 26.7. The molecule has 2 aromatic heterocycles. The summed E-state index contributed by atoms with van der Waals surface area (Å²) in [7, 11) is 0. The fourth-order valence-corrected chi connectivity index (χ4v) is 5.41. The predicted octanol–water partition coefficient (Wildman–Crippen LogP) is 4.37. The van der Waals surface area contributed by atoms with Crippen LogP contribution in [0.5, 0.6) is 0 Å². The summed E-state index contributed by atoms with van der Waals surface area (Å²) in [4.78, 5) is 45.0. The molecule has 3 N–H and O–H groups in total. The summed E-state index contributed by atoms with van der Waals surface area (Å²) >= 11 is 7.76. The number of benzene rings is 1. The zero-order valence-electron chi connectivity index (χ0n) is 21.0. The minimum Gasteiger partial charge on any atom is -0.444 e. The van der Waals surface area contributed by atoms with Crippen molar-refractivity contribution in [3.8, 4) is 0 Å². The lowest BCUT2D eigenvalue weighted by Gasteiger charge is -2.37. The van der Waals surface area contributed by atoms with Gasteiger partial charge in [0.25, 0.3) is 5.91 Å². The molecule has 9 nitrogen and oxygen atoms in total. The molecule has 0 radical (unpaired) electrons. The molecule has 1 aromatic carbocycles. The number of piperazine rings is 1. The van der Waals surface area contributed by atoms with Gasteiger partial charge in [0.05, 0.1) is 16.4 Å². The second-order valence-electron chi connectivity index (χ2n) is 9.80. The van der Waals surface area contributed by atoms with E-state index in [2.05, 4.69) is 15.2 Å². The van der Waals surface area contributed by atoms with Crippen LogP contribution in [0, 0.1) is 0 Å². The van der Waals surface area contributed by atoms with Crippen LogP contribution in [-0.4, -0.2) is 66.5 Å². The van der Waals surface area contributed by atoms with Gasteiger partial charge >= 0.3 is 6.09 Å². The van der Waals surface area contributed by atoms with E-state index >= 15 is 0 Å². The average molecular weight is 544 g/mol. The number of carbonyl (C=O) groups is 3. The number of pyridine rings is 1. The summed E-state index contributed by atoms with van der Waals surface area (Å²) in [6.45, 7) is 8.42. The lowest BCUT2D eigenvalue weighted by Crippen LogP contribution is -2.50. The van der Waals surface area contributed by atoms with E-state index in [1.54, 1.807) is 17.0 Å². The van der Waals surface area contributed by atoms with Gasteiger partial charge in [-0.1, -0.05) is 17.7 Å². The molecule has 0 saturated carbocycles. The molecular weight excluding hydrogens is 514 g/mol. The summed E-state index contributed by atoms with van der Waals surface area (Å²) in [6, 6.07) is 9.15. The van der Waals surface area contributed by atoms with Gasteiger partial charge in [0, 0.05) is 38.1 Å². The number of thiophene rings is 1. The molecule has 3 heterocycles. The molecule has 37 heavy (non-hydrogen) atoms. The van der Waals surface area contributed by atoms with Gasteiger partial charge in [0.15, 0.2) is 6.29 Å². The number of halogens is 1. The average Bonchev–Trinajstić information content (AvgIpc) is 3.19. The van der Waals surface area contributed by atoms with E-state index in [0.29, 0.717) is 76.9 Å². The Morgan fingerprint density at radius 3 is 2.57 bits per heavy atom. The van der Waals surface area contributed by atoms with Crippen LogP contribution >= 0.6 is 22.9 Å². The maximum absolute atomic E-state index is 12.7. The number of nitrogens with two attached hydrogens (primary N) is 1. The van der Waals surface area contributed by atoms with Gasteiger partial charge in [0.1, 0.15) is 21.0 Å². The van der Waals surface area contributed by atoms with Crippen LogP contribution in [0.1, 0.15) is 46.5 Å². The summed E-state index contributed by atoms with van der Waals surface area (Å²) in [5.74, 6) is -0.279. The molecule has 0 atom stereocenters. The Morgan fingerprint density at radius 1 is 1.19 bits per heavy atom. The molecule has 2 amide bonds. The number of carbonyl (C=O) groups excluding carboxylic acids is 3. The van der Waals surface area contributed by atoms with Gasteiger partial charge in [0.2, 0.25) is 0 Å². The van der Waals surface area contributed by atoms with Crippen molar-refractivity contribution >= 4 is 62.8 Å². The largest absolute Gasteiger partial charge is 0.444 e. The number of nitrogens with zero attached hydrogens (tertiary/aromatic N) is 3. The van der Waals surface area contributed by atoms with E-state index in [0.717, 1.165) is 11.3 Å². The third kappa shape index (κ3) is 6.31. The summed E-state index contributed by atoms with van der Waals surface area (Å²) in [5, 5.41) is 4.19. The van der Waals surface area contributed by atoms with Crippen LogP contribution in [0.15, 0.2) is 30.3 Å². The molecule has 0 aliphatic carbocycles. The molecule has 1 saturated heterocycles. The minimum absolute atomic E-state index is 0.279. The lowest BCUT2D eigenvalue weighted by molar-refractivity contribution is 0.0240. The number of hydrogen-bond donors (Lipinski definition) is 2. The third-order valence-electron chi connectivity index (χ3n) is 5.93. The number of nitrogen functional groups attached to an aromatic ring is 1. The molecule has 3 aromatic rings. The maximum atomic E-state index is 12.7. The zero-order valence-corrected chi connectivity index (χ0v) is 22.6. The number of amides is 2. The Bertz CT molecular complexity index is 1330. The highest BCUT2D eigenvalue weighted by molar-refractivity contribution is 7.21. The van der Waals surface area contributed by atoms with Crippen LogP contribution < -0.4 is 16.0 Å². The first kappa shape index (κ1) is 26.7. The third-order valence-corrected chi connectivity index (χ3v) is 7.34. The number of rotatable bonds is 6. The van der Waals surface area contributed by atoms with Crippen molar-refractivity contribution in [2.45, 2.75) is 32.8 Å². The monoisotopic (exact) mass is 543 g/mol. The van der Waals surface area contributed by atoms with Crippen molar-refractivity contribution < 1.29 is 19.1 Å². The van der Waals surface area contributed by atoms with Crippen molar-refractivity contribution in [3.05, 3.63) is 51.5 Å². The van der Waals surface area contributed by atoms with Crippen molar-refractivity contribution in [3.63, 3.8) is 0 Å². The van der Waals surface area contributed by atoms with Gasteiger partial charge in [-0.25, -0.2) is 9.78 Å². The van der Waals surface area contributed by atoms with Crippen LogP contribution in [0.3, 0.4) is 0 Å². The van der Waals surface area contributed by atoms with Gasteiger partial charge in [-0.05, 0) is 57.0 Å². The van der Waals surface area contributed by atoms with E-state index in [1.807, 2.05) is 39.0 Å². The highest BCUT2D eigenvalue weighted by Gasteiger charge is 2.26. The number of nitrogens with one attached hydrogen (secondary N) is 1. The molecule has 196 valence electrons. The summed E-state index contributed by atoms with van der Waals surface area (Å²) < 4.78 is 5.46. The normalized spacial score (nSPS) is 14.1. The Labute approximate surface area is 224 Å². The van der Waals surface area contributed by atoms with Gasteiger partial charge in [-0.15, -0.1) is 11.3 Å². The highest BCUT2D eigenvalue weighted by atomic mass is 35.5. The van der Waals surface area contributed by atoms with Crippen LogP contribution in [0.25, 0.3) is 10.2 Å². The molecule has 11 heteroatoms. The first-order valence-corrected chi connectivity index (χ1v) is 13.2. The molecule has 1 aliphatic rings. The van der Waals surface area contributed by atoms with Crippen molar-refractivity contribution in [1.82, 2.24) is 15.2 Å². The first-order chi connectivity index (χ1) is 17.6. The van der Waals surface area contributed by atoms with Crippen molar-refractivity contribution in [2.24, 2.45) is 0 Å². The van der Waals surface area contributed by atoms with Gasteiger partial charge < -0.3 is 25.6 Å². The maximum Gasteiger partial charge on any atom is 0.410 e. The number of fused-ring (bicyclic) bond motifs is 1. The molecule has 0 spiro atoms. The Kier molecular flexibility index (Phi) is 7.89. The Hall–Kier alpha value is -3.37. The quantitative estimate of drug-likeness (QED) is 0.443. The minimum atomic E-state index is -0.518. The fourth-order valence-electron chi connectivity index (χ4n) is 4.07. The number of ether oxygens (including phenoxy) is 1. The van der Waals surface area contributed by atoms with E-state index in [4.69, 9.17) is 22.1 Å². The Balaban J connectivity index is 1.31. The number of anilines is 2. The summed E-state index contributed by atoms with van der Waals surface area (Å²) in [6.07, 6.45) is 0.960. The standard InChI is InChI=1S/C26H30ClN5O4S/c1-26(2,3)36-25(35)32-12-10-31(11-13-32)20-7-4-16(14-19(20)27)8-9-29-23(34)22-21(28)18-6-5-17(15-33)30-24(18)37-22/h4-7,14-15H,8-13,28H2,1-3H3,(H,29,34). The van der Waals surface area contributed by atoms with E-state index in [1.165, 1.54) is 11.3 Å². The number of aldehydes is 1. The molecule has 1 fully saturated rings. The van der Waals surface area contributed by atoms with Crippen LogP contribution in [0.2, 0.25) is 5.02 Å². The van der Waals surface area contributed by atoms with Gasteiger partial charge in [-0.2, -0.15) is 0 Å². The Morgan fingerprint density at radius 2 is 1.92 bits per heavy atom. The smallest absolute Gasteiger partial charge is 0.410 e. The number of aromatic nitrogens is 1. The summed E-state index contributed by atoms with van der Waals surface area (Å²) in [5.41, 5.74) is 8.19. The predicted molar refractivity (Wildman–Crippen MR) is 147 cm³/mol. The highest BCUT2D eigenvalue weighted by Crippen LogP contribution is 2.32. The van der Waals surface area contributed by atoms with Crippen molar-refractivity contribution in [1.29, 1.82) is 0 Å². The van der Waals surface area contributed by atoms with E-state index in [9.17, 15) is 14.4 Å². The van der Waals surface area contributed by atoms with Gasteiger partial charge in [-0.3, -0.25) is 9.59 Å². The topological polar surface area (TPSA) is 118 Å². The SMILES string of the molecule is CC(C)(C)OC(=O)N1CCN(c2ccc(CCNC(=O)c3sc4nc(C=O)ccc4c3N)cc2Cl)CC1. The fraction of sp³-hybridized carbons (Fsp3) is 0.385. The van der Waals surface area contributed by atoms with Crippen molar-refractivity contribution in [2.75, 3.05) is 43.4 Å².